The molecule has 9 unspecified atom stereocenters. The van der Waals surface area contributed by atoms with Crippen molar-refractivity contribution in [2.45, 2.75) is 143 Å². The SMILES string of the molecule is CC1CC2CC(C1)CC(C)(CCC[C@H]1CCC3C4CCC5CC(O)CCC5(C)C4CCC31C)C2. The summed E-state index contributed by atoms with van der Waals surface area (Å²) in [6.07, 6.45) is 24.6. The van der Waals surface area contributed by atoms with Crippen molar-refractivity contribution in [3.05, 3.63) is 0 Å². The summed E-state index contributed by atoms with van der Waals surface area (Å²) in [5.41, 5.74) is 1.83. The van der Waals surface area contributed by atoms with Gasteiger partial charge in [0.05, 0.1) is 6.10 Å². The lowest BCUT2D eigenvalue weighted by Gasteiger charge is -2.61. The highest BCUT2D eigenvalue weighted by molar-refractivity contribution is 5.09. The zero-order valence-corrected chi connectivity index (χ0v) is 23.2. The van der Waals surface area contributed by atoms with Crippen LogP contribution in [-0.2, 0) is 0 Å². The number of fused-ring (bicyclic) bond motifs is 7. The van der Waals surface area contributed by atoms with Crippen LogP contribution in [0.4, 0.5) is 0 Å². The van der Waals surface area contributed by atoms with E-state index in [1.807, 2.05) is 0 Å². The average Bonchev–Trinajstić information content (AvgIpc) is 3.09. The molecule has 0 amide bonds. The van der Waals surface area contributed by atoms with Gasteiger partial charge in [-0.05, 0) is 166 Å². The minimum Gasteiger partial charge on any atom is -0.393 e. The van der Waals surface area contributed by atoms with Crippen LogP contribution in [0.25, 0.3) is 0 Å². The molecular formula is C33H56O. The Balaban J connectivity index is 1.07. The summed E-state index contributed by atoms with van der Waals surface area (Å²) in [4.78, 5) is 0. The van der Waals surface area contributed by atoms with Gasteiger partial charge in [-0.15, -0.1) is 0 Å². The number of hydrogen-bond donors (Lipinski definition) is 1. The molecule has 6 aliphatic carbocycles. The van der Waals surface area contributed by atoms with Crippen LogP contribution in [0.15, 0.2) is 0 Å². The van der Waals surface area contributed by atoms with E-state index in [0.29, 0.717) is 16.2 Å². The quantitative estimate of drug-likeness (QED) is 0.436. The molecule has 34 heavy (non-hydrogen) atoms. The van der Waals surface area contributed by atoms with Gasteiger partial charge in [0.1, 0.15) is 0 Å². The molecule has 6 aliphatic rings. The zero-order chi connectivity index (χ0) is 23.7. The second-order valence-electron chi connectivity index (χ2n) is 16.1. The van der Waals surface area contributed by atoms with E-state index in [2.05, 4.69) is 27.7 Å². The third kappa shape index (κ3) is 4.05. The summed E-state index contributed by atoms with van der Waals surface area (Å²) in [5.74, 6) is 7.86. The predicted molar refractivity (Wildman–Crippen MR) is 142 cm³/mol. The lowest BCUT2D eigenvalue weighted by Crippen LogP contribution is -2.53. The zero-order valence-electron chi connectivity index (χ0n) is 23.2. The van der Waals surface area contributed by atoms with Gasteiger partial charge in [-0.25, -0.2) is 0 Å². The van der Waals surface area contributed by atoms with Crippen LogP contribution in [-0.4, -0.2) is 11.2 Å². The van der Waals surface area contributed by atoms with Crippen LogP contribution in [0.1, 0.15) is 137 Å². The fourth-order valence-electron chi connectivity index (χ4n) is 12.5. The van der Waals surface area contributed by atoms with E-state index in [1.54, 1.807) is 6.42 Å². The molecule has 10 atom stereocenters. The van der Waals surface area contributed by atoms with Crippen LogP contribution >= 0.6 is 0 Å². The Kier molecular flexibility index (Phi) is 6.27. The minimum atomic E-state index is -0.00617. The molecule has 0 radical (unpaired) electrons. The van der Waals surface area contributed by atoms with E-state index in [-0.39, 0.29) is 6.10 Å². The Hall–Kier alpha value is -0.0400. The predicted octanol–water partition coefficient (Wildman–Crippen LogP) is 9.03. The summed E-state index contributed by atoms with van der Waals surface area (Å²) >= 11 is 0. The Labute approximate surface area is 211 Å². The number of hydrogen-bond acceptors (Lipinski definition) is 1. The van der Waals surface area contributed by atoms with Crippen LogP contribution < -0.4 is 0 Å². The largest absolute Gasteiger partial charge is 0.393 e. The van der Waals surface area contributed by atoms with E-state index >= 15 is 0 Å². The fraction of sp³-hybridized carbons (Fsp3) is 1.00. The third-order valence-corrected chi connectivity index (χ3v) is 13.9. The van der Waals surface area contributed by atoms with Crippen molar-refractivity contribution in [3.8, 4) is 0 Å². The minimum absolute atomic E-state index is 0.00617. The van der Waals surface area contributed by atoms with Crippen molar-refractivity contribution in [2.24, 2.45) is 63.6 Å². The standard InChI is InChI=1S/C33H56O/c1-22-16-23-18-24(17-22)21-31(2,20-23)13-5-6-25-8-10-29-28-9-7-26-19-27(34)11-14-33(26,4)30(28)12-15-32(25,29)3/h22-30,34H,5-21H2,1-4H3/t22?,23?,24?,25-,26?,27?,28?,29?,30?,31?,32?,33?/m0/s1. The van der Waals surface area contributed by atoms with Crippen LogP contribution in [0.2, 0.25) is 0 Å². The van der Waals surface area contributed by atoms with Crippen LogP contribution in [0.5, 0.6) is 0 Å². The second-order valence-corrected chi connectivity index (χ2v) is 16.1. The summed E-state index contributed by atoms with van der Waals surface area (Å²) < 4.78 is 0. The molecule has 0 aromatic rings. The normalized spacial score (nSPS) is 56.9. The third-order valence-electron chi connectivity index (χ3n) is 13.9. The highest BCUT2D eigenvalue weighted by Gasteiger charge is 2.59. The molecule has 194 valence electrons. The molecular weight excluding hydrogens is 412 g/mol. The van der Waals surface area contributed by atoms with Gasteiger partial charge in [0, 0.05) is 0 Å². The van der Waals surface area contributed by atoms with Crippen molar-refractivity contribution in [2.75, 3.05) is 0 Å². The highest BCUT2D eigenvalue weighted by Crippen LogP contribution is 2.68. The molecule has 6 fully saturated rings. The topological polar surface area (TPSA) is 20.2 Å². The first-order valence-corrected chi connectivity index (χ1v) is 15.9. The van der Waals surface area contributed by atoms with Crippen molar-refractivity contribution < 1.29 is 5.11 Å². The van der Waals surface area contributed by atoms with Gasteiger partial charge in [-0.3, -0.25) is 0 Å². The van der Waals surface area contributed by atoms with Gasteiger partial charge in [0.2, 0.25) is 0 Å². The van der Waals surface area contributed by atoms with Crippen molar-refractivity contribution in [1.82, 2.24) is 0 Å². The van der Waals surface area contributed by atoms with E-state index in [4.69, 9.17) is 0 Å². The van der Waals surface area contributed by atoms with E-state index in [0.717, 1.165) is 60.2 Å². The maximum atomic E-state index is 10.3. The molecule has 0 spiro atoms. The summed E-state index contributed by atoms with van der Waals surface area (Å²) in [6, 6.07) is 0. The molecule has 0 aliphatic heterocycles. The molecule has 0 heterocycles. The number of rotatable bonds is 4. The fourth-order valence-corrected chi connectivity index (χ4v) is 12.5. The Morgan fingerprint density at radius 1 is 0.735 bits per heavy atom. The molecule has 6 saturated carbocycles. The van der Waals surface area contributed by atoms with Gasteiger partial charge < -0.3 is 5.11 Å². The molecule has 0 aromatic heterocycles. The average molecular weight is 469 g/mol. The Morgan fingerprint density at radius 2 is 1.44 bits per heavy atom. The van der Waals surface area contributed by atoms with Crippen molar-refractivity contribution >= 4 is 0 Å². The maximum absolute atomic E-state index is 10.3. The van der Waals surface area contributed by atoms with Crippen molar-refractivity contribution in [1.29, 1.82) is 0 Å². The number of aliphatic hydroxyl groups excluding tert-OH is 1. The summed E-state index contributed by atoms with van der Waals surface area (Å²) in [7, 11) is 0. The van der Waals surface area contributed by atoms with E-state index in [9.17, 15) is 5.11 Å². The first-order valence-electron chi connectivity index (χ1n) is 15.9. The Bertz CT molecular complexity index is 725. The van der Waals surface area contributed by atoms with Crippen LogP contribution in [0.3, 0.4) is 0 Å². The monoisotopic (exact) mass is 468 g/mol. The van der Waals surface area contributed by atoms with Crippen LogP contribution in [0, 0.1) is 63.6 Å². The molecule has 1 heteroatoms. The summed E-state index contributed by atoms with van der Waals surface area (Å²) in [5, 5.41) is 10.3. The maximum Gasteiger partial charge on any atom is 0.0543 e. The summed E-state index contributed by atoms with van der Waals surface area (Å²) in [6.45, 7) is 10.6. The van der Waals surface area contributed by atoms with Gasteiger partial charge >= 0.3 is 0 Å². The van der Waals surface area contributed by atoms with E-state index < -0.39 is 0 Å². The second kappa shape index (κ2) is 8.77. The van der Waals surface area contributed by atoms with Gasteiger partial charge in [-0.2, -0.15) is 0 Å². The molecule has 6 rings (SSSR count). The highest BCUT2D eigenvalue weighted by atomic mass is 16.3. The molecule has 1 N–H and O–H groups in total. The van der Waals surface area contributed by atoms with E-state index in [1.165, 1.54) is 89.9 Å². The number of aliphatic hydroxyl groups is 1. The smallest absolute Gasteiger partial charge is 0.0543 e. The van der Waals surface area contributed by atoms with Crippen molar-refractivity contribution in [3.63, 3.8) is 0 Å². The van der Waals surface area contributed by atoms with Gasteiger partial charge in [-0.1, -0.05) is 34.1 Å². The van der Waals surface area contributed by atoms with Gasteiger partial charge in [0.15, 0.2) is 0 Å². The molecule has 1 nitrogen and oxygen atoms in total. The van der Waals surface area contributed by atoms with Gasteiger partial charge in [0.25, 0.3) is 0 Å². The molecule has 2 bridgehead atoms. The molecule has 0 saturated heterocycles. The Morgan fingerprint density at radius 3 is 2.21 bits per heavy atom. The first-order chi connectivity index (χ1) is 16.2. The first kappa shape index (κ1) is 24.3. The lowest BCUT2D eigenvalue weighted by atomic mass is 9.44. The molecule has 0 aromatic carbocycles. The lowest BCUT2D eigenvalue weighted by molar-refractivity contribution is -0.127.